The van der Waals surface area contributed by atoms with E-state index < -0.39 is 10.0 Å². The first-order valence-electron chi connectivity index (χ1n) is 8.76. The maximum Gasteiger partial charge on any atom is 0.224 e. The van der Waals surface area contributed by atoms with Crippen LogP contribution in [0.15, 0.2) is 6.07 Å². The summed E-state index contributed by atoms with van der Waals surface area (Å²) >= 11 is 0. The molecule has 8 heteroatoms. The first kappa shape index (κ1) is 16.1. The molecule has 0 amide bonds. The number of aromatic nitrogens is 2. The Hall–Kier alpha value is -1.41. The standard InChI is InChI=1S/C16H25N5O2S/c1-10-7-15(19-16(17-2)18-10)21-8-13(11-3-4-11)14(9-21)20-24(22,23)12-5-6-12/h7,11-14,20H,3-6,8-9H2,1-2H3,(H,17,18,19)/t13-,14+/m1/s1. The molecule has 132 valence electrons. The summed E-state index contributed by atoms with van der Waals surface area (Å²) in [6.07, 6.45) is 4.03. The van der Waals surface area contributed by atoms with Crippen molar-refractivity contribution in [2.45, 2.75) is 43.9 Å². The quantitative estimate of drug-likeness (QED) is 0.799. The zero-order valence-corrected chi connectivity index (χ0v) is 15.0. The highest BCUT2D eigenvalue weighted by Crippen LogP contribution is 2.43. The van der Waals surface area contributed by atoms with Gasteiger partial charge in [0.25, 0.3) is 0 Å². The molecule has 0 spiro atoms. The Morgan fingerprint density at radius 1 is 1.17 bits per heavy atom. The minimum atomic E-state index is -3.16. The molecule has 0 radical (unpaired) electrons. The molecule has 0 unspecified atom stereocenters. The van der Waals surface area contributed by atoms with E-state index in [0.717, 1.165) is 30.9 Å². The molecule has 1 saturated heterocycles. The highest BCUT2D eigenvalue weighted by atomic mass is 32.2. The van der Waals surface area contributed by atoms with Crippen molar-refractivity contribution in [3.8, 4) is 0 Å². The first-order valence-corrected chi connectivity index (χ1v) is 10.3. The van der Waals surface area contributed by atoms with E-state index in [1.807, 2.05) is 20.0 Å². The summed E-state index contributed by atoms with van der Waals surface area (Å²) in [6, 6.07) is 1.97. The van der Waals surface area contributed by atoms with Crippen molar-refractivity contribution in [1.82, 2.24) is 14.7 Å². The Morgan fingerprint density at radius 2 is 1.92 bits per heavy atom. The SMILES string of the molecule is CNc1nc(C)cc(N2C[C@H](NS(=O)(=O)C3CC3)[C@@H](C3CC3)C2)n1. The fourth-order valence-corrected chi connectivity index (χ4v) is 5.27. The summed E-state index contributed by atoms with van der Waals surface area (Å²) in [5.41, 5.74) is 0.911. The lowest BCUT2D eigenvalue weighted by atomic mass is 9.99. The van der Waals surface area contributed by atoms with Gasteiger partial charge in [0.1, 0.15) is 5.82 Å². The average molecular weight is 351 g/mol. The third-order valence-corrected chi connectivity index (χ3v) is 7.24. The smallest absolute Gasteiger partial charge is 0.224 e. The number of hydrogen-bond acceptors (Lipinski definition) is 6. The molecule has 3 fully saturated rings. The molecule has 3 aliphatic rings. The van der Waals surface area contributed by atoms with E-state index in [-0.39, 0.29) is 11.3 Å². The van der Waals surface area contributed by atoms with Gasteiger partial charge in [-0.3, -0.25) is 0 Å². The van der Waals surface area contributed by atoms with E-state index in [9.17, 15) is 8.42 Å². The van der Waals surface area contributed by atoms with E-state index >= 15 is 0 Å². The van der Waals surface area contributed by atoms with Crippen LogP contribution in [0.1, 0.15) is 31.4 Å². The molecule has 1 aliphatic heterocycles. The summed E-state index contributed by atoms with van der Waals surface area (Å²) in [6.45, 7) is 3.50. The second-order valence-corrected chi connectivity index (χ2v) is 9.31. The van der Waals surface area contributed by atoms with Crippen LogP contribution < -0.4 is 14.9 Å². The topological polar surface area (TPSA) is 87.2 Å². The van der Waals surface area contributed by atoms with Gasteiger partial charge in [0.05, 0.1) is 5.25 Å². The average Bonchev–Trinajstić information content (AvgIpc) is 3.43. The van der Waals surface area contributed by atoms with E-state index in [2.05, 4.69) is 24.9 Å². The third kappa shape index (κ3) is 3.21. The van der Waals surface area contributed by atoms with Gasteiger partial charge in [0, 0.05) is 37.9 Å². The molecule has 24 heavy (non-hydrogen) atoms. The zero-order valence-electron chi connectivity index (χ0n) is 14.2. The molecule has 0 bridgehead atoms. The molecule has 2 saturated carbocycles. The van der Waals surface area contributed by atoms with Gasteiger partial charge in [-0.05, 0) is 44.4 Å². The normalized spacial score (nSPS) is 27.5. The molecule has 2 heterocycles. The molecular weight excluding hydrogens is 326 g/mol. The zero-order chi connectivity index (χ0) is 16.9. The Labute approximate surface area is 143 Å². The van der Waals surface area contributed by atoms with Crippen LogP contribution in [0.3, 0.4) is 0 Å². The van der Waals surface area contributed by atoms with E-state index in [4.69, 9.17) is 0 Å². The van der Waals surface area contributed by atoms with Crippen LogP contribution in [-0.2, 0) is 10.0 Å². The van der Waals surface area contributed by atoms with Gasteiger partial charge < -0.3 is 10.2 Å². The van der Waals surface area contributed by atoms with Gasteiger partial charge in [0.15, 0.2) is 0 Å². The molecule has 1 aromatic heterocycles. The van der Waals surface area contributed by atoms with Crippen molar-refractivity contribution in [2.75, 3.05) is 30.4 Å². The lowest BCUT2D eigenvalue weighted by molar-refractivity contribution is 0.426. The largest absolute Gasteiger partial charge is 0.357 e. The monoisotopic (exact) mass is 351 g/mol. The third-order valence-electron chi connectivity index (χ3n) is 5.26. The van der Waals surface area contributed by atoms with E-state index in [1.54, 1.807) is 0 Å². The van der Waals surface area contributed by atoms with E-state index in [1.165, 1.54) is 12.8 Å². The van der Waals surface area contributed by atoms with Crippen molar-refractivity contribution in [2.24, 2.45) is 11.8 Å². The number of anilines is 2. The summed E-state index contributed by atoms with van der Waals surface area (Å²) in [5.74, 6) is 2.51. The summed E-state index contributed by atoms with van der Waals surface area (Å²) in [7, 11) is -1.35. The molecule has 7 nitrogen and oxygen atoms in total. The number of nitrogens with zero attached hydrogens (tertiary/aromatic N) is 3. The first-order chi connectivity index (χ1) is 11.5. The predicted molar refractivity (Wildman–Crippen MR) is 93.6 cm³/mol. The van der Waals surface area contributed by atoms with Crippen molar-refractivity contribution < 1.29 is 8.42 Å². The van der Waals surface area contributed by atoms with Crippen molar-refractivity contribution in [1.29, 1.82) is 0 Å². The minimum absolute atomic E-state index is 0.00333. The summed E-state index contributed by atoms with van der Waals surface area (Å²) in [5, 5.41) is 2.83. The van der Waals surface area contributed by atoms with Gasteiger partial charge in [-0.25, -0.2) is 18.1 Å². The predicted octanol–water partition coefficient (Wildman–Crippen LogP) is 1.12. The van der Waals surface area contributed by atoms with Crippen LogP contribution in [0, 0.1) is 18.8 Å². The number of sulfonamides is 1. The Kier molecular flexibility index (Phi) is 3.91. The van der Waals surface area contributed by atoms with Gasteiger partial charge in [0.2, 0.25) is 16.0 Å². The second-order valence-electron chi connectivity index (χ2n) is 7.32. The number of hydrogen-bond donors (Lipinski definition) is 2. The van der Waals surface area contributed by atoms with Crippen LogP contribution in [0.4, 0.5) is 11.8 Å². The molecule has 4 rings (SSSR count). The molecule has 1 aromatic rings. The van der Waals surface area contributed by atoms with Crippen LogP contribution in [0.5, 0.6) is 0 Å². The number of rotatable bonds is 6. The molecule has 2 atom stereocenters. The maximum atomic E-state index is 12.4. The van der Waals surface area contributed by atoms with Crippen LogP contribution in [0.2, 0.25) is 0 Å². The Balaban J connectivity index is 1.55. The van der Waals surface area contributed by atoms with Crippen molar-refractivity contribution >= 4 is 21.8 Å². The molecular formula is C16H25N5O2S. The molecule has 2 aliphatic carbocycles. The van der Waals surface area contributed by atoms with Crippen LogP contribution in [-0.4, -0.2) is 49.8 Å². The molecule has 0 aromatic carbocycles. The van der Waals surface area contributed by atoms with Crippen molar-refractivity contribution in [3.05, 3.63) is 11.8 Å². The van der Waals surface area contributed by atoms with Crippen LogP contribution >= 0.6 is 0 Å². The maximum absolute atomic E-state index is 12.4. The minimum Gasteiger partial charge on any atom is -0.357 e. The van der Waals surface area contributed by atoms with E-state index in [0.29, 0.717) is 24.3 Å². The second kappa shape index (κ2) is 5.84. The van der Waals surface area contributed by atoms with Crippen LogP contribution in [0.25, 0.3) is 0 Å². The summed E-state index contributed by atoms with van der Waals surface area (Å²) in [4.78, 5) is 11.1. The van der Waals surface area contributed by atoms with Crippen molar-refractivity contribution in [3.63, 3.8) is 0 Å². The fourth-order valence-electron chi connectivity index (χ4n) is 3.65. The van der Waals surface area contributed by atoms with Gasteiger partial charge >= 0.3 is 0 Å². The number of aryl methyl sites for hydroxylation is 1. The van der Waals surface area contributed by atoms with Gasteiger partial charge in [-0.1, -0.05) is 0 Å². The highest BCUT2D eigenvalue weighted by Gasteiger charge is 2.46. The highest BCUT2D eigenvalue weighted by molar-refractivity contribution is 7.90. The Morgan fingerprint density at radius 3 is 2.54 bits per heavy atom. The van der Waals surface area contributed by atoms with Gasteiger partial charge in [-0.15, -0.1) is 0 Å². The Bertz CT molecular complexity index is 730. The number of nitrogens with one attached hydrogen (secondary N) is 2. The molecule has 2 N–H and O–H groups in total. The summed E-state index contributed by atoms with van der Waals surface area (Å²) < 4.78 is 27.7. The van der Waals surface area contributed by atoms with Gasteiger partial charge in [-0.2, -0.15) is 4.98 Å². The fraction of sp³-hybridized carbons (Fsp3) is 0.750. The lowest BCUT2D eigenvalue weighted by Crippen LogP contribution is -2.42. The lowest BCUT2D eigenvalue weighted by Gasteiger charge is -2.19.